The number of carbonyl (C=O) groups is 2. The number of amides is 2. The van der Waals surface area contributed by atoms with Crippen LogP contribution in [0, 0.1) is 6.92 Å². The van der Waals surface area contributed by atoms with Gasteiger partial charge >= 0.3 is 0 Å². The van der Waals surface area contributed by atoms with Crippen molar-refractivity contribution in [1.29, 1.82) is 0 Å². The fraction of sp³-hybridized carbons (Fsp3) is 0.182. The number of carbonyl (C=O) groups excluding carboxylic acids is 2. The zero-order chi connectivity index (χ0) is 20.1. The summed E-state index contributed by atoms with van der Waals surface area (Å²) in [6, 6.07) is 18.3. The van der Waals surface area contributed by atoms with E-state index >= 15 is 0 Å². The molecule has 3 aromatic rings. The molecule has 3 rings (SSSR count). The number of nitrogens with zero attached hydrogens (tertiary/aromatic N) is 1. The largest absolute Gasteiger partial charge is 0.459 e. The maximum atomic E-state index is 12.3. The van der Waals surface area contributed by atoms with E-state index in [1.807, 2.05) is 43.3 Å². The van der Waals surface area contributed by atoms with Crippen LogP contribution in [0.1, 0.15) is 21.7 Å². The fourth-order valence-electron chi connectivity index (χ4n) is 2.73. The highest BCUT2D eigenvalue weighted by Crippen LogP contribution is 2.24. The van der Waals surface area contributed by atoms with Crippen LogP contribution < -0.4 is 5.32 Å². The molecule has 5 nitrogen and oxygen atoms in total. The third kappa shape index (κ3) is 5.02. The molecular formula is C22H21ClN2O3. The Morgan fingerprint density at radius 1 is 1.07 bits per heavy atom. The summed E-state index contributed by atoms with van der Waals surface area (Å²) in [5, 5.41) is 3.32. The second kappa shape index (κ2) is 8.76. The van der Waals surface area contributed by atoms with Crippen molar-refractivity contribution < 1.29 is 14.0 Å². The third-order valence-electron chi connectivity index (χ3n) is 4.29. The summed E-state index contributed by atoms with van der Waals surface area (Å²) in [5.74, 6) is 0.894. The second-order valence-corrected chi connectivity index (χ2v) is 7.01. The number of halogens is 1. The van der Waals surface area contributed by atoms with Crippen molar-refractivity contribution in [3.63, 3.8) is 0 Å². The van der Waals surface area contributed by atoms with E-state index < -0.39 is 0 Å². The lowest BCUT2D eigenvalue weighted by molar-refractivity contribution is -0.129. The lowest BCUT2D eigenvalue weighted by Gasteiger charge is -2.16. The van der Waals surface area contributed by atoms with Gasteiger partial charge in [-0.3, -0.25) is 9.59 Å². The first kappa shape index (κ1) is 19.7. The van der Waals surface area contributed by atoms with Crippen molar-refractivity contribution in [3.05, 3.63) is 82.6 Å². The molecule has 0 unspecified atom stereocenters. The van der Waals surface area contributed by atoms with E-state index in [9.17, 15) is 9.59 Å². The number of hydrogen-bond acceptors (Lipinski definition) is 3. The average Bonchev–Trinajstić information content (AvgIpc) is 3.14. The Balaban J connectivity index is 1.54. The summed E-state index contributed by atoms with van der Waals surface area (Å²) in [6.07, 6.45) is 0. The standard InChI is InChI=1S/C22H21ClN2O3/c1-15-4-3-5-17(12-15)22(27)24-13-21(26)25(2)14-19-10-11-20(28-19)16-6-8-18(23)9-7-16/h3-12H,13-14H2,1-2H3,(H,24,27). The Bertz CT molecular complexity index is 979. The van der Waals surface area contributed by atoms with E-state index in [1.54, 1.807) is 31.3 Å². The van der Waals surface area contributed by atoms with Gasteiger partial charge in [0.1, 0.15) is 11.5 Å². The predicted molar refractivity (Wildman–Crippen MR) is 109 cm³/mol. The maximum absolute atomic E-state index is 12.3. The van der Waals surface area contributed by atoms with Gasteiger partial charge in [-0.05, 0) is 55.5 Å². The summed E-state index contributed by atoms with van der Waals surface area (Å²) in [6.45, 7) is 2.15. The molecule has 0 bridgehead atoms. The van der Waals surface area contributed by atoms with E-state index in [0.29, 0.717) is 28.7 Å². The first-order valence-corrected chi connectivity index (χ1v) is 9.23. The van der Waals surface area contributed by atoms with Crippen LogP contribution in [0.3, 0.4) is 0 Å². The van der Waals surface area contributed by atoms with Crippen LogP contribution in [0.25, 0.3) is 11.3 Å². The number of benzene rings is 2. The van der Waals surface area contributed by atoms with Gasteiger partial charge in [0.2, 0.25) is 5.91 Å². The Morgan fingerprint density at radius 3 is 2.54 bits per heavy atom. The minimum atomic E-state index is -0.270. The lowest BCUT2D eigenvalue weighted by Crippen LogP contribution is -2.37. The van der Waals surface area contributed by atoms with Gasteiger partial charge in [-0.25, -0.2) is 0 Å². The normalized spacial score (nSPS) is 10.5. The van der Waals surface area contributed by atoms with Crippen LogP contribution in [-0.2, 0) is 11.3 Å². The SMILES string of the molecule is Cc1cccc(C(=O)NCC(=O)N(C)Cc2ccc(-c3ccc(Cl)cc3)o2)c1. The monoisotopic (exact) mass is 396 g/mol. The number of aryl methyl sites for hydroxylation is 1. The number of furan rings is 1. The van der Waals surface area contributed by atoms with Crippen molar-refractivity contribution in [3.8, 4) is 11.3 Å². The zero-order valence-corrected chi connectivity index (χ0v) is 16.5. The number of nitrogens with one attached hydrogen (secondary N) is 1. The van der Waals surface area contributed by atoms with Crippen molar-refractivity contribution >= 4 is 23.4 Å². The molecule has 0 atom stereocenters. The summed E-state index contributed by atoms with van der Waals surface area (Å²) >= 11 is 5.90. The topological polar surface area (TPSA) is 62.6 Å². The van der Waals surface area contributed by atoms with Crippen molar-refractivity contribution in [2.45, 2.75) is 13.5 Å². The third-order valence-corrected chi connectivity index (χ3v) is 4.54. The van der Waals surface area contributed by atoms with Crippen LogP contribution in [0.15, 0.2) is 65.1 Å². The van der Waals surface area contributed by atoms with E-state index in [0.717, 1.165) is 11.1 Å². The number of likely N-dealkylation sites (N-methyl/N-ethyl adjacent to an activating group) is 1. The molecule has 0 aliphatic rings. The van der Waals surface area contributed by atoms with Crippen molar-refractivity contribution in [1.82, 2.24) is 10.2 Å². The molecule has 2 amide bonds. The van der Waals surface area contributed by atoms with Crippen LogP contribution in [0.4, 0.5) is 0 Å². The second-order valence-electron chi connectivity index (χ2n) is 6.57. The van der Waals surface area contributed by atoms with E-state index in [-0.39, 0.29) is 18.4 Å². The highest BCUT2D eigenvalue weighted by atomic mass is 35.5. The van der Waals surface area contributed by atoms with Gasteiger partial charge in [-0.1, -0.05) is 29.3 Å². The molecule has 0 saturated heterocycles. The molecule has 1 N–H and O–H groups in total. The molecular weight excluding hydrogens is 376 g/mol. The first-order chi connectivity index (χ1) is 13.4. The zero-order valence-electron chi connectivity index (χ0n) is 15.7. The predicted octanol–water partition coefficient (Wildman–Crippen LogP) is 4.30. The Kier molecular flexibility index (Phi) is 6.16. The molecule has 2 aromatic carbocycles. The maximum Gasteiger partial charge on any atom is 0.251 e. The molecule has 6 heteroatoms. The average molecular weight is 397 g/mol. The molecule has 28 heavy (non-hydrogen) atoms. The van der Waals surface area contributed by atoms with Gasteiger partial charge in [0.15, 0.2) is 0 Å². The Labute approximate surface area is 168 Å². The molecule has 0 spiro atoms. The van der Waals surface area contributed by atoms with E-state index in [1.165, 1.54) is 4.90 Å². The highest BCUT2D eigenvalue weighted by Gasteiger charge is 2.14. The van der Waals surface area contributed by atoms with Gasteiger partial charge in [0, 0.05) is 23.2 Å². The van der Waals surface area contributed by atoms with Gasteiger partial charge in [-0.15, -0.1) is 0 Å². The summed E-state index contributed by atoms with van der Waals surface area (Å²) < 4.78 is 5.81. The van der Waals surface area contributed by atoms with Gasteiger partial charge < -0.3 is 14.6 Å². The molecule has 0 aliphatic heterocycles. The van der Waals surface area contributed by atoms with Crippen LogP contribution in [-0.4, -0.2) is 30.3 Å². The van der Waals surface area contributed by atoms with Crippen LogP contribution >= 0.6 is 11.6 Å². The van der Waals surface area contributed by atoms with E-state index in [4.69, 9.17) is 16.0 Å². The summed E-state index contributed by atoms with van der Waals surface area (Å²) in [5.41, 5.74) is 2.44. The molecule has 0 saturated carbocycles. The van der Waals surface area contributed by atoms with Crippen LogP contribution in [0.5, 0.6) is 0 Å². The molecule has 1 heterocycles. The Hall–Kier alpha value is -3.05. The summed E-state index contributed by atoms with van der Waals surface area (Å²) in [4.78, 5) is 26.0. The molecule has 144 valence electrons. The van der Waals surface area contributed by atoms with Gasteiger partial charge in [0.25, 0.3) is 5.91 Å². The molecule has 0 fully saturated rings. The molecule has 0 aliphatic carbocycles. The summed E-state index contributed by atoms with van der Waals surface area (Å²) in [7, 11) is 1.67. The fourth-order valence-corrected chi connectivity index (χ4v) is 2.86. The highest BCUT2D eigenvalue weighted by molar-refractivity contribution is 6.30. The minimum Gasteiger partial charge on any atom is -0.459 e. The number of rotatable bonds is 6. The lowest BCUT2D eigenvalue weighted by atomic mass is 10.1. The minimum absolute atomic E-state index is 0.0754. The quantitative estimate of drug-likeness (QED) is 0.675. The van der Waals surface area contributed by atoms with Gasteiger partial charge in [-0.2, -0.15) is 0 Å². The van der Waals surface area contributed by atoms with Crippen molar-refractivity contribution in [2.75, 3.05) is 13.6 Å². The first-order valence-electron chi connectivity index (χ1n) is 8.86. The molecule has 0 radical (unpaired) electrons. The Morgan fingerprint density at radius 2 is 1.82 bits per heavy atom. The smallest absolute Gasteiger partial charge is 0.251 e. The molecule has 1 aromatic heterocycles. The van der Waals surface area contributed by atoms with E-state index in [2.05, 4.69) is 5.32 Å². The van der Waals surface area contributed by atoms with Gasteiger partial charge in [0.05, 0.1) is 13.1 Å². The van der Waals surface area contributed by atoms with Crippen molar-refractivity contribution in [2.24, 2.45) is 0 Å². The number of hydrogen-bond donors (Lipinski definition) is 1. The van der Waals surface area contributed by atoms with Crippen LogP contribution in [0.2, 0.25) is 5.02 Å².